The number of fused-ring (bicyclic) bond motifs is 1. The number of methoxy groups -OCH3 is 1. The SMILES string of the molecule is COc1ccc(Nc2ncccc2C(=O)N2CCOCC(Cc3cn4ccnc4cn3)C2)cc1. The van der Waals surface area contributed by atoms with Gasteiger partial charge in [0.2, 0.25) is 0 Å². The zero-order valence-electron chi connectivity index (χ0n) is 18.9. The number of amides is 1. The summed E-state index contributed by atoms with van der Waals surface area (Å²) in [6.07, 6.45) is 9.79. The first-order valence-corrected chi connectivity index (χ1v) is 11.2. The molecule has 3 aromatic heterocycles. The minimum absolute atomic E-state index is 0.0716. The maximum absolute atomic E-state index is 13.5. The lowest BCUT2D eigenvalue weighted by Gasteiger charge is -2.24. The third kappa shape index (κ3) is 4.84. The van der Waals surface area contributed by atoms with Crippen LogP contribution in [0.2, 0.25) is 0 Å². The van der Waals surface area contributed by atoms with E-state index in [1.165, 1.54) is 0 Å². The molecule has 1 aliphatic rings. The number of ether oxygens (including phenoxy) is 2. The second-order valence-corrected chi connectivity index (χ2v) is 8.22. The lowest BCUT2D eigenvalue weighted by molar-refractivity contribution is 0.0738. The molecule has 0 saturated carbocycles. The fourth-order valence-corrected chi connectivity index (χ4v) is 4.12. The number of carbonyl (C=O) groups is 1. The van der Waals surface area contributed by atoms with Gasteiger partial charge in [-0.05, 0) is 42.8 Å². The number of nitrogens with zero attached hydrogens (tertiary/aromatic N) is 5. The minimum Gasteiger partial charge on any atom is -0.497 e. The Morgan fingerprint density at radius 3 is 2.91 bits per heavy atom. The molecule has 0 radical (unpaired) electrons. The van der Waals surface area contributed by atoms with Crippen LogP contribution in [0.1, 0.15) is 16.1 Å². The molecule has 34 heavy (non-hydrogen) atoms. The molecule has 1 amide bonds. The van der Waals surface area contributed by atoms with Crippen LogP contribution in [0.4, 0.5) is 11.5 Å². The Morgan fingerprint density at radius 1 is 1.18 bits per heavy atom. The molecule has 1 aromatic carbocycles. The smallest absolute Gasteiger partial charge is 0.257 e. The van der Waals surface area contributed by atoms with Crippen molar-refractivity contribution in [2.24, 2.45) is 5.92 Å². The number of imidazole rings is 1. The van der Waals surface area contributed by atoms with Crippen LogP contribution < -0.4 is 10.1 Å². The van der Waals surface area contributed by atoms with E-state index in [4.69, 9.17) is 9.47 Å². The van der Waals surface area contributed by atoms with Crippen LogP contribution in [0.15, 0.2) is 67.4 Å². The van der Waals surface area contributed by atoms with E-state index in [9.17, 15) is 4.79 Å². The zero-order chi connectivity index (χ0) is 23.3. The molecule has 9 heteroatoms. The van der Waals surface area contributed by atoms with Crippen molar-refractivity contribution in [3.8, 4) is 5.75 Å². The van der Waals surface area contributed by atoms with Crippen LogP contribution in [-0.2, 0) is 11.2 Å². The van der Waals surface area contributed by atoms with Crippen molar-refractivity contribution in [3.05, 3.63) is 78.6 Å². The van der Waals surface area contributed by atoms with Crippen LogP contribution in [0.25, 0.3) is 5.65 Å². The highest BCUT2D eigenvalue weighted by Gasteiger charge is 2.26. The Kier molecular flexibility index (Phi) is 6.35. The van der Waals surface area contributed by atoms with Gasteiger partial charge in [-0.1, -0.05) is 0 Å². The number of anilines is 2. The van der Waals surface area contributed by atoms with Crippen LogP contribution >= 0.6 is 0 Å². The number of hydrogen-bond donors (Lipinski definition) is 1. The largest absolute Gasteiger partial charge is 0.497 e. The van der Waals surface area contributed by atoms with E-state index in [0.29, 0.717) is 44.1 Å². The molecule has 1 saturated heterocycles. The molecule has 5 rings (SSSR count). The molecule has 4 aromatic rings. The summed E-state index contributed by atoms with van der Waals surface area (Å²) in [6.45, 7) is 2.19. The van der Waals surface area contributed by atoms with Gasteiger partial charge in [0.15, 0.2) is 5.65 Å². The first-order chi connectivity index (χ1) is 16.7. The third-order valence-electron chi connectivity index (χ3n) is 5.85. The molecular formula is C25H26N6O3. The van der Waals surface area contributed by atoms with E-state index in [0.717, 1.165) is 22.8 Å². The average Bonchev–Trinajstić information content (AvgIpc) is 3.21. The van der Waals surface area contributed by atoms with Crippen molar-refractivity contribution in [3.63, 3.8) is 0 Å². The molecule has 174 valence electrons. The summed E-state index contributed by atoms with van der Waals surface area (Å²) in [5.41, 5.74) is 3.10. The Hall–Kier alpha value is -3.98. The maximum Gasteiger partial charge on any atom is 0.257 e. The molecule has 1 atom stereocenters. The van der Waals surface area contributed by atoms with Gasteiger partial charge in [-0.25, -0.2) is 9.97 Å². The molecule has 9 nitrogen and oxygen atoms in total. The van der Waals surface area contributed by atoms with Crippen LogP contribution in [0.3, 0.4) is 0 Å². The third-order valence-corrected chi connectivity index (χ3v) is 5.85. The van der Waals surface area contributed by atoms with Crippen molar-refractivity contribution in [1.82, 2.24) is 24.3 Å². The molecule has 0 bridgehead atoms. The Labute approximate surface area is 197 Å². The summed E-state index contributed by atoms with van der Waals surface area (Å²) in [6, 6.07) is 11.1. The number of rotatable bonds is 6. The maximum atomic E-state index is 13.5. The molecule has 0 aliphatic carbocycles. The van der Waals surface area contributed by atoms with E-state index >= 15 is 0 Å². The van der Waals surface area contributed by atoms with Gasteiger partial charge < -0.3 is 24.1 Å². The topological polar surface area (TPSA) is 93.9 Å². The molecule has 1 aliphatic heterocycles. The fourth-order valence-electron chi connectivity index (χ4n) is 4.12. The number of hydrogen-bond acceptors (Lipinski definition) is 7. The molecular weight excluding hydrogens is 432 g/mol. The van der Waals surface area contributed by atoms with Gasteiger partial charge in [0.05, 0.1) is 37.8 Å². The monoisotopic (exact) mass is 458 g/mol. The second kappa shape index (κ2) is 9.88. The zero-order valence-corrected chi connectivity index (χ0v) is 18.9. The normalized spacial score (nSPS) is 16.3. The molecule has 1 fully saturated rings. The van der Waals surface area contributed by atoms with Crippen LogP contribution in [0.5, 0.6) is 5.75 Å². The van der Waals surface area contributed by atoms with E-state index in [-0.39, 0.29) is 11.8 Å². The average molecular weight is 459 g/mol. The Morgan fingerprint density at radius 2 is 2.06 bits per heavy atom. The summed E-state index contributed by atoms with van der Waals surface area (Å²) in [7, 11) is 1.63. The molecule has 1 unspecified atom stereocenters. The second-order valence-electron chi connectivity index (χ2n) is 8.22. The Balaban J connectivity index is 1.32. The van der Waals surface area contributed by atoms with Gasteiger partial charge in [-0.15, -0.1) is 0 Å². The van der Waals surface area contributed by atoms with Crippen molar-refractivity contribution >= 4 is 23.1 Å². The molecule has 0 spiro atoms. The van der Waals surface area contributed by atoms with Crippen molar-refractivity contribution in [2.45, 2.75) is 6.42 Å². The lowest BCUT2D eigenvalue weighted by atomic mass is 10.0. The molecule has 4 heterocycles. The first kappa shape index (κ1) is 21.8. The number of aromatic nitrogens is 4. The van der Waals surface area contributed by atoms with Gasteiger partial charge >= 0.3 is 0 Å². The standard InChI is InChI=1S/C25H26N6O3/c1-33-21-6-4-19(5-7-21)29-24-22(3-2-8-27-24)25(32)31-11-12-34-17-18(15-31)13-20-16-30-10-9-26-23(30)14-28-20/h2-10,14,16,18H,11-13,15,17H2,1H3,(H,27,29). The van der Waals surface area contributed by atoms with E-state index < -0.39 is 0 Å². The van der Waals surface area contributed by atoms with Crippen molar-refractivity contribution < 1.29 is 14.3 Å². The van der Waals surface area contributed by atoms with E-state index in [1.54, 1.807) is 37.8 Å². The van der Waals surface area contributed by atoms with E-state index in [2.05, 4.69) is 20.3 Å². The van der Waals surface area contributed by atoms with Crippen LogP contribution in [-0.4, -0.2) is 63.6 Å². The summed E-state index contributed by atoms with van der Waals surface area (Å²) < 4.78 is 13.0. The summed E-state index contributed by atoms with van der Waals surface area (Å²) >= 11 is 0. The number of carbonyl (C=O) groups excluding carboxylic acids is 1. The number of nitrogens with one attached hydrogen (secondary N) is 1. The number of benzene rings is 1. The predicted octanol–water partition coefficient (Wildman–Crippen LogP) is 3.21. The lowest BCUT2D eigenvalue weighted by Crippen LogP contribution is -2.37. The molecule has 1 N–H and O–H groups in total. The highest BCUT2D eigenvalue weighted by Crippen LogP contribution is 2.23. The summed E-state index contributed by atoms with van der Waals surface area (Å²) in [5.74, 6) is 1.35. The summed E-state index contributed by atoms with van der Waals surface area (Å²) in [4.78, 5) is 28.6. The highest BCUT2D eigenvalue weighted by atomic mass is 16.5. The van der Waals surface area contributed by atoms with Gasteiger partial charge in [-0.2, -0.15) is 0 Å². The first-order valence-electron chi connectivity index (χ1n) is 11.2. The fraction of sp³-hybridized carbons (Fsp3) is 0.280. The summed E-state index contributed by atoms with van der Waals surface area (Å²) in [5, 5.41) is 3.26. The van der Waals surface area contributed by atoms with Gasteiger partial charge in [0.1, 0.15) is 11.6 Å². The van der Waals surface area contributed by atoms with Crippen LogP contribution in [0, 0.1) is 5.92 Å². The van der Waals surface area contributed by atoms with Crippen molar-refractivity contribution in [2.75, 3.05) is 38.7 Å². The predicted molar refractivity (Wildman–Crippen MR) is 127 cm³/mol. The van der Waals surface area contributed by atoms with Gasteiger partial charge in [0, 0.05) is 49.5 Å². The van der Waals surface area contributed by atoms with Gasteiger partial charge in [0.25, 0.3) is 5.91 Å². The Bertz CT molecular complexity index is 1270. The van der Waals surface area contributed by atoms with Crippen molar-refractivity contribution in [1.29, 1.82) is 0 Å². The highest BCUT2D eigenvalue weighted by molar-refractivity contribution is 5.99. The van der Waals surface area contributed by atoms with Gasteiger partial charge in [-0.3, -0.25) is 9.78 Å². The minimum atomic E-state index is -0.0716. The van der Waals surface area contributed by atoms with E-state index in [1.807, 2.05) is 46.0 Å². The number of pyridine rings is 1. The quantitative estimate of drug-likeness (QED) is 0.474.